The molecule has 0 radical (unpaired) electrons. The predicted octanol–water partition coefficient (Wildman–Crippen LogP) is 3.10. The number of nitrogens with one attached hydrogen (secondary N) is 1. The molecular formula is C17H20N2O6S. The molecule has 2 aromatic rings. The van der Waals surface area contributed by atoms with E-state index in [-0.39, 0.29) is 35.4 Å². The molecule has 0 saturated heterocycles. The number of aryl methyl sites for hydroxylation is 1. The number of benzene rings is 1. The number of hydrogen-bond donors (Lipinski definition) is 1. The molecular weight excluding hydrogens is 360 g/mol. The van der Waals surface area contributed by atoms with Gasteiger partial charge < -0.3 is 19.5 Å². The van der Waals surface area contributed by atoms with Crippen molar-refractivity contribution in [3.05, 3.63) is 49.7 Å². The summed E-state index contributed by atoms with van der Waals surface area (Å²) in [6.07, 6.45) is -0.336. The van der Waals surface area contributed by atoms with Crippen LogP contribution in [0.2, 0.25) is 0 Å². The lowest BCUT2D eigenvalue weighted by molar-refractivity contribution is -0.385. The fraction of sp³-hybridized carbons (Fsp3) is 0.353. The first-order chi connectivity index (χ1) is 12.4. The standard InChI is InChI=1S/C17H20N2O6S/c1-10-5-6-16(26-10)15(25-4)9-18-17(20)11-7-13(23-2)14(24-3)8-12(11)19(21)22/h5-8,15H,9H2,1-4H3,(H,18,20). The third-order valence-electron chi connectivity index (χ3n) is 3.75. The molecule has 1 heterocycles. The van der Waals surface area contributed by atoms with Crippen molar-refractivity contribution in [1.82, 2.24) is 5.32 Å². The third kappa shape index (κ3) is 4.30. The summed E-state index contributed by atoms with van der Waals surface area (Å²) in [4.78, 5) is 25.3. The second-order valence-electron chi connectivity index (χ2n) is 5.36. The summed E-state index contributed by atoms with van der Waals surface area (Å²) < 4.78 is 15.6. The Hall–Kier alpha value is -2.65. The molecule has 0 aliphatic rings. The van der Waals surface area contributed by atoms with Gasteiger partial charge in [-0.15, -0.1) is 11.3 Å². The summed E-state index contributed by atoms with van der Waals surface area (Å²) >= 11 is 1.57. The lowest BCUT2D eigenvalue weighted by Crippen LogP contribution is -2.29. The molecule has 0 aliphatic carbocycles. The highest BCUT2D eigenvalue weighted by Gasteiger charge is 2.25. The van der Waals surface area contributed by atoms with E-state index in [9.17, 15) is 14.9 Å². The fourth-order valence-electron chi connectivity index (χ4n) is 2.41. The first-order valence-corrected chi connectivity index (χ1v) is 8.50. The van der Waals surface area contributed by atoms with Gasteiger partial charge in [0.1, 0.15) is 11.7 Å². The number of methoxy groups -OCH3 is 3. The summed E-state index contributed by atoms with van der Waals surface area (Å²) in [5.41, 5.74) is -0.467. The van der Waals surface area contributed by atoms with Gasteiger partial charge in [0.2, 0.25) is 0 Å². The Bertz CT molecular complexity index is 805. The molecule has 2 rings (SSSR count). The van der Waals surface area contributed by atoms with Gasteiger partial charge in [0.25, 0.3) is 11.6 Å². The normalized spacial score (nSPS) is 11.7. The monoisotopic (exact) mass is 380 g/mol. The quantitative estimate of drug-likeness (QED) is 0.558. The molecule has 1 aromatic carbocycles. The molecule has 0 aliphatic heterocycles. The minimum Gasteiger partial charge on any atom is -0.493 e. The average Bonchev–Trinajstić information content (AvgIpc) is 3.06. The van der Waals surface area contributed by atoms with E-state index in [1.54, 1.807) is 18.4 Å². The predicted molar refractivity (Wildman–Crippen MR) is 97.3 cm³/mol. The van der Waals surface area contributed by atoms with Gasteiger partial charge in [-0.2, -0.15) is 0 Å². The lowest BCUT2D eigenvalue weighted by Gasteiger charge is -2.15. The number of amides is 1. The first-order valence-electron chi connectivity index (χ1n) is 7.69. The van der Waals surface area contributed by atoms with Crippen LogP contribution < -0.4 is 14.8 Å². The van der Waals surface area contributed by atoms with Crippen molar-refractivity contribution in [2.24, 2.45) is 0 Å². The molecule has 8 nitrogen and oxygen atoms in total. The summed E-state index contributed by atoms with van der Waals surface area (Å²) in [7, 11) is 4.31. The number of nitro benzene ring substituents is 1. The zero-order chi connectivity index (χ0) is 19.3. The SMILES string of the molecule is COc1cc(C(=O)NCC(OC)c2ccc(C)s2)c([N+](=O)[O-])cc1OC. The zero-order valence-electron chi connectivity index (χ0n) is 14.9. The number of hydrogen-bond acceptors (Lipinski definition) is 7. The van der Waals surface area contributed by atoms with Crippen LogP contribution >= 0.6 is 11.3 Å². The van der Waals surface area contributed by atoms with Gasteiger partial charge in [-0.1, -0.05) is 0 Å². The van der Waals surface area contributed by atoms with Crippen LogP contribution in [0.25, 0.3) is 0 Å². The van der Waals surface area contributed by atoms with E-state index in [4.69, 9.17) is 14.2 Å². The molecule has 26 heavy (non-hydrogen) atoms. The van der Waals surface area contributed by atoms with E-state index in [0.717, 1.165) is 9.75 Å². The Kier molecular flexibility index (Phi) is 6.53. The van der Waals surface area contributed by atoms with Gasteiger partial charge in [0.05, 0.1) is 25.2 Å². The maximum absolute atomic E-state index is 12.5. The van der Waals surface area contributed by atoms with Crippen LogP contribution in [0, 0.1) is 17.0 Å². The first kappa shape index (κ1) is 19.7. The van der Waals surface area contributed by atoms with Gasteiger partial charge in [0, 0.05) is 29.5 Å². The highest BCUT2D eigenvalue weighted by atomic mass is 32.1. The molecule has 1 atom stereocenters. The molecule has 1 unspecified atom stereocenters. The molecule has 140 valence electrons. The summed E-state index contributed by atoms with van der Waals surface area (Å²) in [5.74, 6) is -0.173. The molecule has 9 heteroatoms. The van der Waals surface area contributed by atoms with Crippen molar-refractivity contribution in [2.75, 3.05) is 27.9 Å². The topological polar surface area (TPSA) is 99.9 Å². The van der Waals surface area contributed by atoms with Gasteiger partial charge in [-0.05, 0) is 19.1 Å². The number of nitro groups is 1. The Labute approximate surface area is 154 Å². The van der Waals surface area contributed by atoms with Crippen LogP contribution in [0.4, 0.5) is 5.69 Å². The second-order valence-corrected chi connectivity index (χ2v) is 6.68. The number of rotatable bonds is 8. The van der Waals surface area contributed by atoms with Crippen LogP contribution in [0.5, 0.6) is 11.5 Å². The second kappa shape index (κ2) is 8.63. The number of ether oxygens (including phenoxy) is 3. The van der Waals surface area contributed by atoms with E-state index in [0.29, 0.717) is 0 Å². The molecule has 0 bridgehead atoms. The van der Waals surface area contributed by atoms with Crippen LogP contribution in [0.1, 0.15) is 26.2 Å². The Morgan fingerprint density at radius 2 is 1.88 bits per heavy atom. The van der Waals surface area contributed by atoms with Crippen molar-refractivity contribution in [2.45, 2.75) is 13.0 Å². The highest BCUT2D eigenvalue weighted by molar-refractivity contribution is 7.12. The minimum absolute atomic E-state index is 0.107. The number of carbonyl (C=O) groups is 1. The van der Waals surface area contributed by atoms with Crippen LogP contribution in [0.3, 0.4) is 0 Å². The van der Waals surface area contributed by atoms with Crippen LogP contribution in [-0.2, 0) is 4.74 Å². The van der Waals surface area contributed by atoms with Crippen LogP contribution in [-0.4, -0.2) is 38.7 Å². The lowest BCUT2D eigenvalue weighted by atomic mass is 10.1. The summed E-state index contributed by atoms with van der Waals surface area (Å²) in [5, 5.41) is 14.0. The van der Waals surface area contributed by atoms with E-state index in [2.05, 4.69) is 5.32 Å². The Morgan fingerprint density at radius 3 is 2.38 bits per heavy atom. The number of carbonyl (C=O) groups excluding carboxylic acids is 1. The number of nitrogens with zero attached hydrogens (tertiary/aromatic N) is 1. The maximum atomic E-state index is 12.5. The minimum atomic E-state index is -0.632. The van der Waals surface area contributed by atoms with Crippen molar-refractivity contribution < 1.29 is 23.9 Å². The van der Waals surface area contributed by atoms with Crippen molar-refractivity contribution >= 4 is 22.9 Å². The summed E-state index contributed by atoms with van der Waals surface area (Å²) in [6, 6.07) is 6.36. The van der Waals surface area contributed by atoms with Crippen molar-refractivity contribution in [3.63, 3.8) is 0 Å². The van der Waals surface area contributed by atoms with E-state index >= 15 is 0 Å². The number of thiophene rings is 1. The molecule has 0 spiro atoms. The van der Waals surface area contributed by atoms with Gasteiger partial charge in [0.15, 0.2) is 11.5 Å². The molecule has 1 N–H and O–H groups in total. The summed E-state index contributed by atoms with van der Waals surface area (Å²) in [6.45, 7) is 2.16. The van der Waals surface area contributed by atoms with Gasteiger partial charge in [-0.3, -0.25) is 14.9 Å². The van der Waals surface area contributed by atoms with E-state index in [1.807, 2.05) is 19.1 Å². The zero-order valence-corrected chi connectivity index (χ0v) is 15.7. The maximum Gasteiger partial charge on any atom is 0.286 e. The Balaban J connectivity index is 2.23. The fourth-order valence-corrected chi connectivity index (χ4v) is 3.36. The molecule has 0 saturated carbocycles. The van der Waals surface area contributed by atoms with Gasteiger partial charge >= 0.3 is 0 Å². The molecule has 1 amide bonds. The largest absolute Gasteiger partial charge is 0.493 e. The van der Waals surface area contributed by atoms with Crippen molar-refractivity contribution in [1.29, 1.82) is 0 Å². The van der Waals surface area contributed by atoms with Crippen molar-refractivity contribution in [3.8, 4) is 11.5 Å². The third-order valence-corrected chi connectivity index (χ3v) is 4.85. The molecule has 0 fully saturated rings. The van der Waals surface area contributed by atoms with E-state index in [1.165, 1.54) is 26.4 Å². The van der Waals surface area contributed by atoms with Gasteiger partial charge in [-0.25, -0.2) is 0 Å². The smallest absolute Gasteiger partial charge is 0.286 e. The highest BCUT2D eigenvalue weighted by Crippen LogP contribution is 2.34. The Morgan fingerprint density at radius 1 is 1.23 bits per heavy atom. The average molecular weight is 380 g/mol. The molecule has 1 aromatic heterocycles. The van der Waals surface area contributed by atoms with Crippen LogP contribution in [0.15, 0.2) is 24.3 Å². The van der Waals surface area contributed by atoms with E-state index < -0.39 is 10.8 Å².